The number of aromatic nitrogens is 2. The van der Waals surface area contributed by atoms with Crippen molar-refractivity contribution in [3.05, 3.63) is 5.82 Å². The van der Waals surface area contributed by atoms with Crippen LogP contribution in [0.1, 0.15) is 38.4 Å². The number of hydrogen-bond acceptors (Lipinski definition) is 6. The molecule has 1 aromatic heterocycles. The average Bonchev–Trinajstić information content (AvgIpc) is 2.90. The third-order valence-electron chi connectivity index (χ3n) is 4.88. The van der Waals surface area contributed by atoms with Crippen LogP contribution in [0.15, 0.2) is 0 Å². The molecule has 1 aliphatic heterocycles. The first-order chi connectivity index (χ1) is 10.0. The maximum absolute atomic E-state index is 10.8. The minimum absolute atomic E-state index is 0.450. The SMILES string of the molecule is Cc1nsc(N2CCN(CC3(O)CCC(C)CC3)CC2)n1. The van der Waals surface area contributed by atoms with E-state index in [9.17, 15) is 5.11 Å². The topological polar surface area (TPSA) is 52.5 Å². The molecule has 0 atom stereocenters. The Morgan fingerprint density at radius 1 is 1.24 bits per heavy atom. The van der Waals surface area contributed by atoms with Crippen molar-refractivity contribution in [1.29, 1.82) is 0 Å². The Bertz CT molecular complexity index is 462. The van der Waals surface area contributed by atoms with E-state index in [4.69, 9.17) is 0 Å². The summed E-state index contributed by atoms with van der Waals surface area (Å²) >= 11 is 1.49. The van der Waals surface area contributed by atoms with Crippen LogP contribution < -0.4 is 4.90 Å². The highest BCUT2D eigenvalue weighted by molar-refractivity contribution is 7.09. The van der Waals surface area contributed by atoms with Gasteiger partial charge in [-0.25, -0.2) is 4.98 Å². The monoisotopic (exact) mass is 310 g/mol. The summed E-state index contributed by atoms with van der Waals surface area (Å²) in [5.74, 6) is 1.64. The van der Waals surface area contributed by atoms with E-state index in [-0.39, 0.29) is 0 Å². The molecular formula is C15H26N4OS. The van der Waals surface area contributed by atoms with Gasteiger partial charge in [0.1, 0.15) is 5.82 Å². The Morgan fingerprint density at radius 2 is 1.90 bits per heavy atom. The highest BCUT2D eigenvalue weighted by Gasteiger charge is 2.34. The van der Waals surface area contributed by atoms with Crippen LogP contribution in [0.5, 0.6) is 0 Å². The summed E-state index contributed by atoms with van der Waals surface area (Å²) < 4.78 is 4.26. The fraction of sp³-hybridized carbons (Fsp3) is 0.867. The Kier molecular flexibility index (Phi) is 4.47. The van der Waals surface area contributed by atoms with Gasteiger partial charge in [0.15, 0.2) is 0 Å². The van der Waals surface area contributed by atoms with Crippen LogP contribution in [0.2, 0.25) is 0 Å². The second-order valence-electron chi connectivity index (χ2n) is 6.79. The minimum atomic E-state index is -0.450. The molecule has 0 aromatic carbocycles. The van der Waals surface area contributed by atoms with Crippen molar-refractivity contribution in [3.63, 3.8) is 0 Å². The molecule has 21 heavy (non-hydrogen) atoms. The average molecular weight is 310 g/mol. The van der Waals surface area contributed by atoms with Gasteiger partial charge in [-0.3, -0.25) is 4.90 Å². The van der Waals surface area contributed by atoms with Gasteiger partial charge in [-0.05, 0) is 38.5 Å². The highest BCUT2D eigenvalue weighted by Crippen LogP contribution is 2.32. The van der Waals surface area contributed by atoms with Gasteiger partial charge >= 0.3 is 0 Å². The summed E-state index contributed by atoms with van der Waals surface area (Å²) in [6.45, 7) is 9.07. The van der Waals surface area contributed by atoms with E-state index in [1.165, 1.54) is 24.4 Å². The molecule has 2 fully saturated rings. The number of aliphatic hydroxyl groups is 1. The van der Waals surface area contributed by atoms with Crippen LogP contribution in [-0.4, -0.2) is 57.7 Å². The first kappa shape index (κ1) is 15.2. The van der Waals surface area contributed by atoms with Gasteiger partial charge in [0.05, 0.1) is 5.60 Å². The van der Waals surface area contributed by atoms with Gasteiger partial charge in [-0.15, -0.1) is 0 Å². The number of piperazine rings is 1. The van der Waals surface area contributed by atoms with E-state index in [2.05, 4.69) is 26.1 Å². The van der Waals surface area contributed by atoms with Crippen molar-refractivity contribution in [2.45, 2.75) is 45.1 Å². The standard InChI is InChI=1S/C15H26N4OS/c1-12-3-5-15(20,6-4-12)11-18-7-9-19(10-8-18)14-16-13(2)17-21-14/h12,20H,3-11H2,1-2H3. The number of rotatable bonds is 3. The van der Waals surface area contributed by atoms with Crippen LogP contribution in [0.4, 0.5) is 5.13 Å². The molecule has 118 valence electrons. The lowest BCUT2D eigenvalue weighted by atomic mass is 9.79. The molecule has 5 nitrogen and oxygen atoms in total. The van der Waals surface area contributed by atoms with Gasteiger partial charge in [-0.2, -0.15) is 4.37 Å². The molecule has 3 rings (SSSR count). The van der Waals surface area contributed by atoms with Crippen molar-refractivity contribution >= 4 is 16.7 Å². The van der Waals surface area contributed by atoms with Gasteiger partial charge in [-0.1, -0.05) is 6.92 Å². The van der Waals surface area contributed by atoms with Gasteiger partial charge in [0.25, 0.3) is 0 Å². The molecule has 2 aliphatic rings. The number of β-amino-alcohol motifs (C(OH)–C–C–N with tert-alkyl or cyclic N) is 1. The first-order valence-corrected chi connectivity index (χ1v) is 8.81. The predicted molar refractivity (Wildman–Crippen MR) is 85.9 cm³/mol. The smallest absolute Gasteiger partial charge is 0.205 e. The molecular weight excluding hydrogens is 284 g/mol. The Labute approximate surface area is 131 Å². The van der Waals surface area contributed by atoms with Crippen molar-refractivity contribution in [3.8, 4) is 0 Å². The minimum Gasteiger partial charge on any atom is -0.389 e. The Morgan fingerprint density at radius 3 is 2.48 bits per heavy atom. The number of anilines is 1. The number of nitrogens with zero attached hydrogens (tertiary/aromatic N) is 4. The Balaban J connectivity index is 1.49. The van der Waals surface area contributed by atoms with E-state index in [0.29, 0.717) is 0 Å². The van der Waals surface area contributed by atoms with Crippen molar-refractivity contribution in [1.82, 2.24) is 14.3 Å². The van der Waals surface area contributed by atoms with Gasteiger partial charge < -0.3 is 10.0 Å². The summed E-state index contributed by atoms with van der Waals surface area (Å²) in [4.78, 5) is 9.19. The number of hydrogen-bond donors (Lipinski definition) is 1. The quantitative estimate of drug-likeness (QED) is 0.924. The van der Waals surface area contributed by atoms with E-state index in [1.807, 2.05) is 6.92 Å². The van der Waals surface area contributed by atoms with E-state index in [0.717, 1.165) is 62.4 Å². The highest BCUT2D eigenvalue weighted by atomic mass is 32.1. The molecule has 6 heteroatoms. The summed E-state index contributed by atoms with van der Waals surface area (Å²) in [7, 11) is 0. The lowest BCUT2D eigenvalue weighted by Gasteiger charge is -2.41. The zero-order valence-corrected chi connectivity index (χ0v) is 13.9. The van der Waals surface area contributed by atoms with Crippen molar-refractivity contribution in [2.24, 2.45) is 5.92 Å². The van der Waals surface area contributed by atoms with Crippen LogP contribution in [0.25, 0.3) is 0 Å². The molecule has 1 aliphatic carbocycles. The Hall–Kier alpha value is -0.720. The normalized spacial score (nSPS) is 31.6. The molecule has 0 bridgehead atoms. The van der Waals surface area contributed by atoms with Crippen LogP contribution >= 0.6 is 11.5 Å². The molecule has 0 unspecified atom stereocenters. The first-order valence-electron chi connectivity index (χ1n) is 8.04. The number of aryl methyl sites for hydroxylation is 1. The summed E-state index contributed by atoms with van der Waals surface area (Å²) in [6, 6.07) is 0. The lowest BCUT2D eigenvalue weighted by Crippen LogP contribution is -2.52. The third kappa shape index (κ3) is 3.73. The molecule has 2 heterocycles. The largest absolute Gasteiger partial charge is 0.389 e. The molecule has 0 radical (unpaired) electrons. The van der Waals surface area contributed by atoms with E-state index < -0.39 is 5.60 Å². The zero-order valence-electron chi connectivity index (χ0n) is 13.1. The van der Waals surface area contributed by atoms with Crippen LogP contribution in [-0.2, 0) is 0 Å². The van der Waals surface area contributed by atoms with E-state index >= 15 is 0 Å². The van der Waals surface area contributed by atoms with Crippen molar-refractivity contribution in [2.75, 3.05) is 37.6 Å². The molecule has 1 aromatic rings. The predicted octanol–water partition coefficient (Wildman–Crippen LogP) is 1.91. The summed E-state index contributed by atoms with van der Waals surface area (Å²) in [5.41, 5.74) is -0.450. The molecule has 1 N–H and O–H groups in total. The maximum atomic E-state index is 10.8. The second-order valence-corrected chi connectivity index (χ2v) is 7.52. The maximum Gasteiger partial charge on any atom is 0.205 e. The summed E-state index contributed by atoms with van der Waals surface area (Å²) in [6.07, 6.45) is 4.26. The fourth-order valence-electron chi connectivity index (χ4n) is 3.39. The molecule has 0 spiro atoms. The zero-order chi connectivity index (χ0) is 14.9. The second kappa shape index (κ2) is 6.18. The third-order valence-corrected chi connectivity index (χ3v) is 5.75. The van der Waals surface area contributed by atoms with Gasteiger partial charge in [0.2, 0.25) is 5.13 Å². The summed E-state index contributed by atoms with van der Waals surface area (Å²) in [5, 5.41) is 11.8. The van der Waals surface area contributed by atoms with E-state index in [1.54, 1.807) is 0 Å². The lowest BCUT2D eigenvalue weighted by molar-refractivity contribution is -0.0358. The molecule has 0 amide bonds. The molecule has 1 saturated carbocycles. The fourth-order valence-corrected chi connectivity index (χ4v) is 4.11. The molecule has 1 saturated heterocycles. The van der Waals surface area contributed by atoms with Crippen LogP contribution in [0.3, 0.4) is 0 Å². The van der Waals surface area contributed by atoms with Crippen LogP contribution in [0, 0.1) is 12.8 Å². The van der Waals surface area contributed by atoms with Crippen molar-refractivity contribution < 1.29 is 5.11 Å². The van der Waals surface area contributed by atoms with Gasteiger partial charge in [0, 0.05) is 44.3 Å².